The fourth-order valence-corrected chi connectivity index (χ4v) is 4.50. The van der Waals surface area contributed by atoms with Gasteiger partial charge in [-0.25, -0.2) is 18.6 Å². The minimum absolute atomic E-state index is 0.184. The molecule has 0 saturated carbocycles. The number of carbonyl (C=O) groups excluding carboxylic acids is 1. The number of nitrogens with zero attached hydrogens (tertiary/aromatic N) is 3. The second kappa shape index (κ2) is 8.93. The first-order valence-corrected chi connectivity index (χ1v) is 11.3. The molecule has 2 atom stereocenters. The highest BCUT2D eigenvalue weighted by molar-refractivity contribution is 5.75. The maximum Gasteiger partial charge on any atom is 0.411 e. The van der Waals surface area contributed by atoms with Crippen LogP contribution >= 0.6 is 0 Å². The summed E-state index contributed by atoms with van der Waals surface area (Å²) >= 11 is 0. The van der Waals surface area contributed by atoms with E-state index >= 15 is 0 Å². The van der Waals surface area contributed by atoms with E-state index in [1.54, 1.807) is 18.9 Å². The largest absolute Gasteiger partial charge is 0.496 e. The molecule has 0 radical (unpaired) electrons. The molecule has 0 spiro atoms. The van der Waals surface area contributed by atoms with E-state index in [1.165, 1.54) is 12.1 Å². The minimum Gasteiger partial charge on any atom is -0.496 e. The van der Waals surface area contributed by atoms with E-state index in [4.69, 9.17) is 14.5 Å². The maximum absolute atomic E-state index is 13.8. The molecule has 6 nitrogen and oxygen atoms in total. The topological polar surface area (TPSA) is 54.9 Å². The van der Waals surface area contributed by atoms with Gasteiger partial charge < -0.3 is 14.4 Å². The smallest absolute Gasteiger partial charge is 0.411 e. The fraction of sp³-hybridized carbons (Fsp3) is 0.308. The van der Waals surface area contributed by atoms with Gasteiger partial charge in [0.15, 0.2) is 0 Å². The van der Waals surface area contributed by atoms with Gasteiger partial charge in [0.25, 0.3) is 0 Å². The monoisotopic (exact) mass is 465 g/mol. The van der Waals surface area contributed by atoms with Crippen LogP contribution in [0.5, 0.6) is 5.75 Å². The summed E-state index contributed by atoms with van der Waals surface area (Å²) in [5, 5.41) is 0. The summed E-state index contributed by atoms with van der Waals surface area (Å²) in [6.45, 7) is 3.87. The molecule has 2 saturated heterocycles. The summed E-state index contributed by atoms with van der Waals surface area (Å²) < 4.78 is 38.7. The number of pyridine rings is 1. The molecule has 1 amide bonds. The summed E-state index contributed by atoms with van der Waals surface area (Å²) in [7, 11) is 1.61. The Hall–Kier alpha value is -3.68. The van der Waals surface area contributed by atoms with E-state index in [1.807, 2.05) is 36.4 Å². The van der Waals surface area contributed by atoms with Crippen molar-refractivity contribution in [2.24, 2.45) is 0 Å². The van der Waals surface area contributed by atoms with Crippen LogP contribution in [-0.4, -0.2) is 42.2 Å². The fourth-order valence-electron chi connectivity index (χ4n) is 4.50. The van der Waals surface area contributed by atoms with Crippen molar-refractivity contribution in [3.05, 3.63) is 77.5 Å². The molecule has 8 heteroatoms. The minimum atomic E-state index is -0.786. The van der Waals surface area contributed by atoms with E-state index in [9.17, 15) is 13.6 Å². The van der Waals surface area contributed by atoms with Crippen LogP contribution in [0.2, 0.25) is 0 Å². The van der Waals surface area contributed by atoms with Gasteiger partial charge >= 0.3 is 6.09 Å². The Morgan fingerprint density at radius 1 is 1.06 bits per heavy atom. The zero-order chi connectivity index (χ0) is 23.8. The molecular weight excluding hydrogens is 440 g/mol. The molecule has 2 fully saturated rings. The SMILES string of the molecule is COc1ccccc1-c1ccc(N2CCC2)nc1CN1C(=O)O[C@H](c2cc(F)cc(F)c2)[C@@H]1C. The van der Waals surface area contributed by atoms with Crippen LogP contribution < -0.4 is 9.64 Å². The second-order valence-electron chi connectivity index (χ2n) is 8.58. The molecule has 5 rings (SSSR count). The van der Waals surface area contributed by atoms with Crippen LogP contribution in [0.1, 0.15) is 30.7 Å². The van der Waals surface area contributed by atoms with E-state index in [0.717, 1.165) is 42.5 Å². The van der Waals surface area contributed by atoms with Crippen LogP contribution in [0.15, 0.2) is 54.6 Å². The molecule has 0 bridgehead atoms. The number of rotatable bonds is 6. The number of para-hydroxylation sites is 1. The number of ether oxygens (including phenoxy) is 2. The lowest BCUT2D eigenvalue weighted by Gasteiger charge is -2.33. The van der Waals surface area contributed by atoms with Crippen LogP contribution in [0.3, 0.4) is 0 Å². The number of hydrogen-bond acceptors (Lipinski definition) is 5. The van der Waals surface area contributed by atoms with Gasteiger partial charge in [0, 0.05) is 35.8 Å². The summed E-state index contributed by atoms with van der Waals surface area (Å²) in [6, 6.07) is 14.4. The first-order valence-electron chi connectivity index (χ1n) is 11.3. The van der Waals surface area contributed by atoms with E-state index in [2.05, 4.69) is 4.90 Å². The van der Waals surface area contributed by atoms with Gasteiger partial charge in [-0.3, -0.25) is 4.90 Å². The lowest BCUT2D eigenvalue weighted by atomic mass is 10.0. The van der Waals surface area contributed by atoms with Crippen molar-refractivity contribution < 1.29 is 23.0 Å². The highest BCUT2D eigenvalue weighted by Crippen LogP contribution is 2.37. The summed E-state index contributed by atoms with van der Waals surface area (Å²) in [5.41, 5.74) is 2.70. The molecule has 34 heavy (non-hydrogen) atoms. The Balaban J connectivity index is 1.50. The lowest BCUT2D eigenvalue weighted by molar-refractivity contribution is 0.130. The zero-order valence-electron chi connectivity index (χ0n) is 19.0. The Bertz CT molecular complexity index is 1210. The van der Waals surface area contributed by atoms with Gasteiger partial charge in [-0.1, -0.05) is 18.2 Å². The Morgan fingerprint density at radius 3 is 2.47 bits per heavy atom. The van der Waals surface area contributed by atoms with Gasteiger partial charge in [0.05, 0.1) is 25.4 Å². The third-order valence-corrected chi connectivity index (χ3v) is 6.46. The predicted molar refractivity (Wildman–Crippen MR) is 124 cm³/mol. The normalized spacial score (nSPS) is 19.7. The Morgan fingerprint density at radius 2 is 1.79 bits per heavy atom. The first kappa shape index (κ1) is 22.1. The molecule has 2 aliphatic heterocycles. The van der Waals surface area contributed by atoms with Gasteiger partial charge in [0.1, 0.15) is 29.3 Å². The second-order valence-corrected chi connectivity index (χ2v) is 8.58. The third-order valence-electron chi connectivity index (χ3n) is 6.46. The van der Waals surface area contributed by atoms with Gasteiger partial charge in [-0.15, -0.1) is 0 Å². The lowest BCUT2D eigenvalue weighted by Crippen LogP contribution is -2.38. The zero-order valence-corrected chi connectivity index (χ0v) is 19.0. The number of aromatic nitrogens is 1. The summed E-state index contributed by atoms with van der Waals surface area (Å²) in [4.78, 5) is 21.5. The van der Waals surface area contributed by atoms with Gasteiger partial charge in [-0.2, -0.15) is 0 Å². The third kappa shape index (κ3) is 4.04. The molecule has 176 valence electrons. The number of carbonyl (C=O) groups is 1. The van der Waals surface area contributed by atoms with Crippen molar-refractivity contribution in [1.29, 1.82) is 0 Å². The molecule has 2 aromatic carbocycles. The number of methoxy groups -OCH3 is 1. The Labute approximate surface area is 196 Å². The van der Waals surface area contributed by atoms with Crippen LogP contribution in [0.25, 0.3) is 11.1 Å². The number of amides is 1. The molecule has 1 aromatic heterocycles. The van der Waals surface area contributed by atoms with Gasteiger partial charge in [-0.05, 0) is 43.7 Å². The highest BCUT2D eigenvalue weighted by atomic mass is 19.1. The van der Waals surface area contributed by atoms with E-state index in [-0.39, 0.29) is 12.1 Å². The number of hydrogen-bond donors (Lipinski definition) is 0. The van der Waals surface area contributed by atoms with Crippen molar-refractivity contribution >= 4 is 11.9 Å². The number of benzene rings is 2. The Kier molecular flexibility index (Phi) is 5.81. The average Bonchev–Trinajstić information content (AvgIpc) is 3.06. The molecule has 0 unspecified atom stereocenters. The molecular formula is C26H25F2N3O3. The molecule has 2 aliphatic rings. The standard InChI is InChI=1S/C26H25F2N3O3/c1-16-25(17-12-18(27)14-19(28)13-17)34-26(32)31(16)15-22-20(21-6-3-4-7-23(21)33-2)8-9-24(29-22)30-10-5-11-30/h3-4,6-9,12-14,16,25H,5,10-11,15H2,1-2H3/t16-,25-/m0/s1. The van der Waals surface area contributed by atoms with Crippen LogP contribution in [0, 0.1) is 11.6 Å². The molecule has 0 aliphatic carbocycles. The van der Waals surface area contributed by atoms with Gasteiger partial charge in [0.2, 0.25) is 0 Å². The molecule has 0 N–H and O–H groups in total. The van der Waals surface area contributed by atoms with Crippen LogP contribution in [0.4, 0.5) is 19.4 Å². The van der Waals surface area contributed by atoms with Crippen molar-refractivity contribution in [2.45, 2.75) is 32.0 Å². The predicted octanol–water partition coefficient (Wildman–Crippen LogP) is 5.33. The van der Waals surface area contributed by atoms with Crippen molar-refractivity contribution in [2.75, 3.05) is 25.1 Å². The van der Waals surface area contributed by atoms with Crippen LogP contribution in [-0.2, 0) is 11.3 Å². The number of cyclic esters (lactones) is 1. The first-order chi connectivity index (χ1) is 16.4. The highest BCUT2D eigenvalue weighted by Gasteiger charge is 2.40. The summed E-state index contributed by atoms with van der Waals surface area (Å²) in [5.74, 6) is 0.134. The quantitative estimate of drug-likeness (QED) is 0.493. The van der Waals surface area contributed by atoms with Crippen molar-refractivity contribution in [3.8, 4) is 16.9 Å². The van der Waals surface area contributed by atoms with E-state index < -0.39 is 29.9 Å². The summed E-state index contributed by atoms with van der Waals surface area (Å²) in [6.07, 6.45) is -0.220. The molecule has 3 aromatic rings. The average molecular weight is 466 g/mol. The maximum atomic E-state index is 13.8. The number of halogens is 2. The molecule has 3 heterocycles. The van der Waals surface area contributed by atoms with Crippen molar-refractivity contribution in [3.63, 3.8) is 0 Å². The van der Waals surface area contributed by atoms with E-state index in [0.29, 0.717) is 11.4 Å². The number of anilines is 1. The van der Waals surface area contributed by atoms with Crippen molar-refractivity contribution in [1.82, 2.24) is 9.88 Å².